The zero-order valence-electron chi connectivity index (χ0n) is 14.0. The molecule has 6 nitrogen and oxygen atoms in total. The lowest BCUT2D eigenvalue weighted by Crippen LogP contribution is -2.35. The van der Waals surface area contributed by atoms with E-state index in [2.05, 4.69) is 16.0 Å². The Bertz CT molecular complexity index is 759. The van der Waals surface area contributed by atoms with Gasteiger partial charge in [0.2, 0.25) is 0 Å². The highest BCUT2D eigenvalue weighted by Crippen LogP contribution is 2.31. The molecule has 3 N–H and O–H groups in total. The van der Waals surface area contributed by atoms with Gasteiger partial charge in [-0.1, -0.05) is 18.2 Å². The smallest absolute Gasteiger partial charge is 0.319 e. The number of nitrogens with one attached hydrogen (secondary N) is 3. The van der Waals surface area contributed by atoms with Crippen molar-refractivity contribution in [2.75, 3.05) is 18.5 Å². The molecule has 25 heavy (non-hydrogen) atoms. The number of carbonyl (C=O) groups excluding carboxylic acids is 2. The molecule has 0 aromatic heterocycles. The van der Waals surface area contributed by atoms with Crippen molar-refractivity contribution in [3.8, 4) is 5.75 Å². The van der Waals surface area contributed by atoms with Gasteiger partial charge in [0.1, 0.15) is 5.75 Å². The molecule has 2 aromatic carbocycles. The van der Waals surface area contributed by atoms with E-state index in [9.17, 15) is 9.59 Å². The first-order valence-corrected chi connectivity index (χ1v) is 8.35. The molecule has 130 valence electrons. The lowest BCUT2D eigenvalue weighted by Gasteiger charge is -2.26. The number of anilines is 1. The molecule has 0 saturated heterocycles. The van der Waals surface area contributed by atoms with Gasteiger partial charge < -0.3 is 20.7 Å². The highest BCUT2D eigenvalue weighted by Gasteiger charge is 2.22. The summed E-state index contributed by atoms with van der Waals surface area (Å²) < 4.78 is 5.60. The molecule has 2 aromatic rings. The minimum absolute atomic E-state index is 0.0837. The minimum atomic E-state index is -0.285. The monoisotopic (exact) mass is 339 g/mol. The van der Waals surface area contributed by atoms with Crippen LogP contribution in [0.25, 0.3) is 0 Å². The lowest BCUT2D eigenvalue weighted by molar-refractivity contribution is 0.0956. The maximum Gasteiger partial charge on any atom is 0.319 e. The standard InChI is InChI=1S/C19H21N3O3/c1-2-20-18(23)13-7-9-14(10-8-13)21-19(24)22-16-11-12-25-17-6-4-3-5-15(16)17/h3-10,16H,2,11-12H2,1H3,(H,20,23)(H2,21,22,24)/t16-/m1/s1. The summed E-state index contributed by atoms with van der Waals surface area (Å²) in [6.07, 6.45) is 0.723. The molecular formula is C19H21N3O3. The maximum atomic E-state index is 12.3. The van der Waals surface area contributed by atoms with Crippen molar-refractivity contribution in [2.24, 2.45) is 0 Å². The van der Waals surface area contributed by atoms with Crippen LogP contribution in [0.4, 0.5) is 10.5 Å². The van der Waals surface area contributed by atoms with Crippen molar-refractivity contribution in [3.05, 3.63) is 59.7 Å². The van der Waals surface area contributed by atoms with Gasteiger partial charge in [-0.2, -0.15) is 0 Å². The van der Waals surface area contributed by atoms with E-state index in [1.165, 1.54) is 0 Å². The zero-order valence-corrected chi connectivity index (χ0v) is 14.0. The highest BCUT2D eigenvalue weighted by molar-refractivity contribution is 5.95. The molecule has 1 aliphatic rings. The SMILES string of the molecule is CCNC(=O)c1ccc(NC(=O)N[C@@H]2CCOc3ccccc32)cc1. The van der Waals surface area contributed by atoms with Crippen molar-refractivity contribution in [1.82, 2.24) is 10.6 Å². The molecule has 6 heteroatoms. The van der Waals surface area contributed by atoms with E-state index in [1.54, 1.807) is 24.3 Å². The Kier molecular flexibility index (Phi) is 5.18. The van der Waals surface area contributed by atoms with E-state index < -0.39 is 0 Å². The molecule has 0 spiro atoms. The van der Waals surface area contributed by atoms with Gasteiger partial charge in [-0.25, -0.2) is 4.79 Å². The third kappa shape index (κ3) is 4.09. The molecule has 1 atom stereocenters. The number of amides is 3. The van der Waals surface area contributed by atoms with Gasteiger partial charge in [0.25, 0.3) is 5.91 Å². The summed E-state index contributed by atoms with van der Waals surface area (Å²) in [5.41, 5.74) is 2.17. The third-order valence-electron chi connectivity index (χ3n) is 4.01. The van der Waals surface area contributed by atoms with Crippen LogP contribution in [0.15, 0.2) is 48.5 Å². The number of carbonyl (C=O) groups is 2. The minimum Gasteiger partial charge on any atom is -0.493 e. The summed E-state index contributed by atoms with van der Waals surface area (Å²) in [5, 5.41) is 8.50. The first-order valence-electron chi connectivity index (χ1n) is 8.35. The van der Waals surface area contributed by atoms with Gasteiger partial charge >= 0.3 is 6.03 Å². The van der Waals surface area contributed by atoms with Crippen molar-refractivity contribution >= 4 is 17.6 Å². The number of rotatable bonds is 4. The number of benzene rings is 2. The summed E-state index contributed by atoms with van der Waals surface area (Å²) in [6, 6.07) is 14.1. The van der Waals surface area contributed by atoms with Crippen LogP contribution in [0.5, 0.6) is 5.75 Å². The Morgan fingerprint density at radius 1 is 1.12 bits per heavy atom. The summed E-state index contributed by atoms with van der Waals surface area (Å²) >= 11 is 0. The summed E-state index contributed by atoms with van der Waals surface area (Å²) in [4.78, 5) is 24.0. The topological polar surface area (TPSA) is 79.5 Å². The van der Waals surface area contributed by atoms with Crippen LogP contribution in [0.3, 0.4) is 0 Å². The second-order valence-corrected chi connectivity index (χ2v) is 5.76. The van der Waals surface area contributed by atoms with Crippen molar-refractivity contribution in [2.45, 2.75) is 19.4 Å². The van der Waals surface area contributed by atoms with Gasteiger partial charge in [0.05, 0.1) is 12.6 Å². The number of hydrogen-bond donors (Lipinski definition) is 3. The molecule has 1 aliphatic heterocycles. The van der Waals surface area contributed by atoms with E-state index >= 15 is 0 Å². The van der Waals surface area contributed by atoms with E-state index in [1.807, 2.05) is 31.2 Å². The van der Waals surface area contributed by atoms with Crippen molar-refractivity contribution in [1.29, 1.82) is 0 Å². The fraction of sp³-hybridized carbons (Fsp3) is 0.263. The van der Waals surface area contributed by atoms with E-state index in [-0.39, 0.29) is 18.0 Å². The van der Waals surface area contributed by atoms with Crippen LogP contribution in [-0.4, -0.2) is 25.1 Å². The first-order chi connectivity index (χ1) is 12.2. The third-order valence-corrected chi connectivity index (χ3v) is 4.01. The molecule has 0 unspecified atom stereocenters. The van der Waals surface area contributed by atoms with Crippen LogP contribution in [-0.2, 0) is 0 Å². The number of hydrogen-bond acceptors (Lipinski definition) is 3. The Hall–Kier alpha value is -3.02. The Labute approximate surface area is 146 Å². The van der Waals surface area contributed by atoms with Gasteiger partial charge in [0.15, 0.2) is 0 Å². The van der Waals surface area contributed by atoms with Gasteiger partial charge in [0, 0.05) is 29.8 Å². The van der Waals surface area contributed by atoms with E-state index in [4.69, 9.17) is 4.74 Å². The number of ether oxygens (including phenoxy) is 1. The normalized spacial score (nSPS) is 15.5. The highest BCUT2D eigenvalue weighted by atomic mass is 16.5. The largest absolute Gasteiger partial charge is 0.493 e. The quantitative estimate of drug-likeness (QED) is 0.801. The van der Waals surface area contributed by atoms with Crippen molar-refractivity contribution < 1.29 is 14.3 Å². The van der Waals surface area contributed by atoms with Crippen LogP contribution in [0.1, 0.15) is 35.3 Å². The number of fused-ring (bicyclic) bond motifs is 1. The molecule has 0 fully saturated rings. The lowest BCUT2D eigenvalue weighted by atomic mass is 10.0. The number of urea groups is 1. The molecule has 0 aliphatic carbocycles. The molecule has 3 amide bonds. The fourth-order valence-electron chi connectivity index (χ4n) is 2.78. The average Bonchev–Trinajstić information content (AvgIpc) is 2.63. The molecule has 3 rings (SSSR count). The molecule has 0 saturated carbocycles. The zero-order chi connectivity index (χ0) is 17.6. The predicted octanol–water partition coefficient (Wildman–Crippen LogP) is 3.08. The van der Waals surface area contributed by atoms with E-state index in [0.717, 1.165) is 17.7 Å². The Morgan fingerprint density at radius 2 is 1.88 bits per heavy atom. The van der Waals surface area contributed by atoms with Crippen LogP contribution in [0, 0.1) is 0 Å². The Balaban J connectivity index is 1.61. The molecule has 0 bridgehead atoms. The predicted molar refractivity (Wildman–Crippen MR) is 95.9 cm³/mol. The first kappa shape index (κ1) is 16.8. The van der Waals surface area contributed by atoms with Crippen molar-refractivity contribution in [3.63, 3.8) is 0 Å². The van der Waals surface area contributed by atoms with Gasteiger partial charge in [-0.15, -0.1) is 0 Å². The van der Waals surface area contributed by atoms with Gasteiger partial charge in [-0.3, -0.25) is 4.79 Å². The second-order valence-electron chi connectivity index (χ2n) is 5.76. The molecule has 0 radical (unpaired) electrons. The number of para-hydroxylation sites is 1. The summed E-state index contributed by atoms with van der Waals surface area (Å²) in [7, 11) is 0. The molecule has 1 heterocycles. The van der Waals surface area contributed by atoms with E-state index in [0.29, 0.717) is 24.4 Å². The maximum absolute atomic E-state index is 12.3. The van der Waals surface area contributed by atoms with Crippen LogP contribution in [0.2, 0.25) is 0 Å². The summed E-state index contributed by atoms with van der Waals surface area (Å²) in [5.74, 6) is 0.683. The summed E-state index contributed by atoms with van der Waals surface area (Å²) in [6.45, 7) is 3.02. The van der Waals surface area contributed by atoms with Gasteiger partial charge in [-0.05, 0) is 37.3 Å². The average molecular weight is 339 g/mol. The van der Waals surface area contributed by atoms with Crippen LogP contribution >= 0.6 is 0 Å². The Morgan fingerprint density at radius 3 is 2.64 bits per heavy atom. The molecular weight excluding hydrogens is 318 g/mol. The van der Waals surface area contributed by atoms with Crippen LogP contribution < -0.4 is 20.7 Å². The fourth-order valence-corrected chi connectivity index (χ4v) is 2.78. The second kappa shape index (κ2) is 7.70.